The summed E-state index contributed by atoms with van der Waals surface area (Å²) in [7, 11) is 2.02. The first-order chi connectivity index (χ1) is 16.7. The zero-order chi connectivity index (χ0) is 25.4. The van der Waals surface area contributed by atoms with Gasteiger partial charge in [-0.15, -0.1) is 0 Å². The molecule has 0 saturated heterocycles. The van der Waals surface area contributed by atoms with E-state index >= 15 is 0 Å². The minimum absolute atomic E-state index is 0.103. The van der Waals surface area contributed by atoms with Gasteiger partial charge in [0.1, 0.15) is 11.5 Å². The maximum Gasteiger partial charge on any atom is 0.228 e. The van der Waals surface area contributed by atoms with Crippen LogP contribution in [0.4, 0.5) is 5.13 Å². The highest BCUT2D eigenvalue weighted by Crippen LogP contribution is 2.32. The van der Waals surface area contributed by atoms with Gasteiger partial charge in [0, 0.05) is 13.0 Å². The average Bonchev–Trinajstić information content (AvgIpc) is 3.24. The lowest BCUT2D eigenvalue weighted by atomic mass is 10.3. The predicted molar refractivity (Wildman–Crippen MR) is 141 cm³/mol. The van der Waals surface area contributed by atoms with E-state index in [9.17, 15) is 13.2 Å². The van der Waals surface area contributed by atoms with E-state index in [0.29, 0.717) is 24.0 Å². The molecule has 0 spiro atoms. The molecule has 0 aliphatic carbocycles. The van der Waals surface area contributed by atoms with E-state index in [-0.39, 0.29) is 29.4 Å². The van der Waals surface area contributed by atoms with Crippen molar-refractivity contribution in [3.8, 4) is 11.5 Å². The number of carbonyl (C=O) groups excluding carboxylic acids is 1. The molecule has 10 heteroatoms. The van der Waals surface area contributed by atoms with E-state index in [0.717, 1.165) is 28.9 Å². The molecule has 3 aromatic rings. The van der Waals surface area contributed by atoms with Crippen LogP contribution in [0.3, 0.4) is 0 Å². The molecule has 190 valence electrons. The third kappa shape index (κ3) is 7.39. The second-order valence-corrected chi connectivity index (χ2v) is 11.5. The smallest absolute Gasteiger partial charge is 0.228 e. The minimum Gasteiger partial charge on any atom is -0.497 e. The topological polar surface area (TPSA) is 89.0 Å². The third-order valence-electron chi connectivity index (χ3n) is 5.40. The number of rotatable bonds is 13. The van der Waals surface area contributed by atoms with Crippen molar-refractivity contribution < 1.29 is 22.7 Å². The molecule has 0 radical (unpaired) electrons. The van der Waals surface area contributed by atoms with E-state index in [4.69, 9.17) is 9.47 Å². The van der Waals surface area contributed by atoms with Crippen molar-refractivity contribution >= 4 is 42.4 Å². The van der Waals surface area contributed by atoms with Gasteiger partial charge in [0.25, 0.3) is 0 Å². The molecule has 0 aliphatic rings. The quantitative estimate of drug-likeness (QED) is 0.334. The summed E-state index contributed by atoms with van der Waals surface area (Å²) in [5.74, 6) is 1.13. The van der Waals surface area contributed by atoms with Gasteiger partial charge in [0.15, 0.2) is 15.0 Å². The number of benzene rings is 2. The van der Waals surface area contributed by atoms with E-state index in [2.05, 4.69) is 9.88 Å². The van der Waals surface area contributed by atoms with Crippen LogP contribution >= 0.6 is 11.3 Å². The Balaban J connectivity index is 1.71. The summed E-state index contributed by atoms with van der Waals surface area (Å²) >= 11 is 1.44. The molecule has 0 unspecified atom stereocenters. The molecule has 0 N–H and O–H groups in total. The number of nitrogens with zero attached hydrogens (tertiary/aromatic N) is 3. The Morgan fingerprint density at radius 1 is 1.03 bits per heavy atom. The molecule has 0 bridgehead atoms. The Morgan fingerprint density at radius 2 is 1.74 bits per heavy atom. The number of thiazole rings is 1. The number of fused-ring (bicyclic) bond motifs is 1. The SMILES string of the molecule is CCOc1ccc2nc(N(CCCN(C)C)C(=O)CCCS(=O)(=O)c3ccc(OC)cc3)sc2c1. The van der Waals surface area contributed by atoms with Gasteiger partial charge in [-0.1, -0.05) is 11.3 Å². The Kier molecular flexibility index (Phi) is 9.47. The maximum absolute atomic E-state index is 13.2. The molecule has 8 nitrogen and oxygen atoms in total. The van der Waals surface area contributed by atoms with Gasteiger partial charge >= 0.3 is 0 Å². The van der Waals surface area contributed by atoms with Gasteiger partial charge < -0.3 is 14.4 Å². The molecule has 1 heterocycles. The lowest BCUT2D eigenvalue weighted by Gasteiger charge is -2.21. The lowest BCUT2D eigenvalue weighted by molar-refractivity contribution is -0.118. The Labute approximate surface area is 211 Å². The standard InChI is InChI=1S/C25H33N3O5S2/c1-5-33-20-11-14-22-23(18-20)34-25(26-22)28(16-7-15-27(2)3)24(29)8-6-17-35(30,31)21-12-9-19(32-4)10-13-21/h9-14,18H,5-8,15-17H2,1-4H3. The largest absolute Gasteiger partial charge is 0.497 e. The molecule has 1 amide bonds. The van der Waals surface area contributed by atoms with Gasteiger partial charge in [-0.25, -0.2) is 13.4 Å². The minimum atomic E-state index is -3.49. The monoisotopic (exact) mass is 519 g/mol. The zero-order valence-electron chi connectivity index (χ0n) is 20.7. The van der Waals surface area contributed by atoms with Gasteiger partial charge in [0.2, 0.25) is 5.91 Å². The fourth-order valence-electron chi connectivity index (χ4n) is 3.59. The summed E-state index contributed by atoms with van der Waals surface area (Å²) in [6.45, 7) is 3.85. The number of hydrogen-bond acceptors (Lipinski definition) is 8. The van der Waals surface area contributed by atoms with Crippen LogP contribution in [0, 0.1) is 0 Å². The number of anilines is 1. The summed E-state index contributed by atoms with van der Waals surface area (Å²) in [5.41, 5.74) is 0.806. The predicted octanol–water partition coefficient (Wildman–Crippen LogP) is 4.24. The number of aromatic nitrogens is 1. The lowest BCUT2D eigenvalue weighted by Crippen LogP contribution is -2.33. The van der Waals surface area contributed by atoms with Crippen molar-refractivity contribution in [1.82, 2.24) is 9.88 Å². The highest BCUT2D eigenvalue weighted by Gasteiger charge is 2.21. The molecule has 2 aromatic carbocycles. The van der Waals surface area contributed by atoms with Crippen LogP contribution in [-0.4, -0.2) is 70.9 Å². The number of amides is 1. The zero-order valence-corrected chi connectivity index (χ0v) is 22.3. The molecule has 0 aliphatic heterocycles. The number of ether oxygens (including phenoxy) is 2. The van der Waals surface area contributed by atoms with E-state index in [1.807, 2.05) is 39.2 Å². The summed E-state index contributed by atoms with van der Waals surface area (Å²) in [6, 6.07) is 12.0. The highest BCUT2D eigenvalue weighted by molar-refractivity contribution is 7.91. The second-order valence-electron chi connectivity index (χ2n) is 8.36. The van der Waals surface area contributed by atoms with Crippen LogP contribution in [0.1, 0.15) is 26.2 Å². The Morgan fingerprint density at radius 3 is 2.40 bits per heavy atom. The summed E-state index contributed by atoms with van der Waals surface area (Å²) < 4.78 is 37.0. The van der Waals surface area contributed by atoms with Crippen LogP contribution in [0.15, 0.2) is 47.4 Å². The van der Waals surface area contributed by atoms with Crippen LogP contribution in [-0.2, 0) is 14.6 Å². The molecule has 0 saturated carbocycles. The van der Waals surface area contributed by atoms with E-state index in [1.54, 1.807) is 17.0 Å². The maximum atomic E-state index is 13.2. The number of methoxy groups -OCH3 is 1. The molecular formula is C25H33N3O5S2. The van der Waals surface area contributed by atoms with Crippen molar-refractivity contribution in [2.24, 2.45) is 0 Å². The molecule has 35 heavy (non-hydrogen) atoms. The van der Waals surface area contributed by atoms with Gasteiger partial charge in [-0.2, -0.15) is 0 Å². The summed E-state index contributed by atoms with van der Waals surface area (Å²) in [5, 5.41) is 0.621. The van der Waals surface area contributed by atoms with Crippen molar-refractivity contribution in [2.45, 2.75) is 31.1 Å². The number of carbonyl (C=O) groups is 1. The molecular weight excluding hydrogens is 486 g/mol. The first-order valence-electron chi connectivity index (χ1n) is 11.6. The summed E-state index contributed by atoms with van der Waals surface area (Å²) in [4.78, 5) is 21.9. The summed E-state index contributed by atoms with van der Waals surface area (Å²) in [6.07, 6.45) is 1.14. The molecule has 0 fully saturated rings. The Hall–Kier alpha value is -2.69. The first-order valence-corrected chi connectivity index (χ1v) is 14.1. The average molecular weight is 520 g/mol. The Bertz CT molecular complexity index is 1220. The second kappa shape index (κ2) is 12.3. The fraction of sp³-hybridized carbons (Fsp3) is 0.440. The van der Waals surface area contributed by atoms with Crippen LogP contribution < -0.4 is 14.4 Å². The fourth-order valence-corrected chi connectivity index (χ4v) is 5.93. The van der Waals surface area contributed by atoms with Crippen molar-refractivity contribution in [3.05, 3.63) is 42.5 Å². The van der Waals surface area contributed by atoms with Crippen LogP contribution in [0.2, 0.25) is 0 Å². The number of hydrogen-bond donors (Lipinski definition) is 0. The van der Waals surface area contributed by atoms with Gasteiger partial charge in [-0.3, -0.25) is 9.69 Å². The van der Waals surface area contributed by atoms with Crippen molar-refractivity contribution in [2.75, 3.05) is 51.6 Å². The first kappa shape index (κ1) is 26.9. The van der Waals surface area contributed by atoms with Crippen LogP contribution in [0.25, 0.3) is 10.2 Å². The third-order valence-corrected chi connectivity index (χ3v) is 8.26. The molecule has 3 rings (SSSR count). The van der Waals surface area contributed by atoms with Crippen molar-refractivity contribution in [1.29, 1.82) is 0 Å². The highest BCUT2D eigenvalue weighted by atomic mass is 32.2. The molecule has 0 atom stereocenters. The normalized spacial score (nSPS) is 11.7. The van der Waals surface area contributed by atoms with Gasteiger partial charge in [0.05, 0.1) is 34.6 Å². The number of sulfone groups is 1. The van der Waals surface area contributed by atoms with Crippen molar-refractivity contribution in [3.63, 3.8) is 0 Å². The van der Waals surface area contributed by atoms with E-state index < -0.39 is 9.84 Å². The van der Waals surface area contributed by atoms with Crippen LogP contribution in [0.5, 0.6) is 11.5 Å². The van der Waals surface area contributed by atoms with E-state index in [1.165, 1.54) is 30.6 Å². The van der Waals surface area contributed by atoms with Gasteiger partial charge in [-0.05, 0) is 82.9 Å². The molecule has 1 aromatic heterocycles.